The molecule has 1 saturated carbocycles. The lowest BCUT2D eigenvalue weighted by Crippen LogP contribution is -2.64. The summed E-state index contributed by atoms with van der Waals surface area (Å²) in [6, 6.07) is -0.0843. The summed E-state index contributed by atoms with van der Waals surface area (Å²) in [5.74, 6) is -1.10. The number of carbonyl (C=O) groups excluding carboxylic acids is 1. The van der Waals surface area contributed by atoms with E-state index in [1.54, 1.807) is 0 Å². The minimum absolute atomic E-state index is 0.130. The average molecular weight is 212 g/mol. The number of aliphatic carboxylic acids is 1. The van der Waals surface area contributed by atoms with Crippen molar-refractivity contribution in [3.63, 3.8) is 0 Å². The summed E-state index contributed by atoms with van der Waals surface area (Å²) in [5.41, 5.74) is 0. The van der Waals surface area contributed by atoms with Gasteiger partial charge in [-0.25, -0.2) is 0 Å². The monoisotopic (exact) mass is 212 g/mol. The number of piperazine rings is 1. The predicted octanol–water partition coefficient (Wildman–Crippen LogP) is -0.140. The van der Waals surface area contributed by atoms with Gasteiger partial charge in [-0.15, -0.1) is 0 Å². The molecule has 1 amide bonds. The molecule has 1 aliphatic heterocycles. The third-order valence-corrected chi connectivity index (χ3v) is 3.20. The average Bonchev–Trinajstić information content (AvgIpc) is 2.18. The van der Waals surface area contributed by atoms with E-state index in [9.17, 15) is 9.59 Å². The first-order valence-electron chi connectivity index (χ1n) is 5.45. The number of rotatable bonds is 2. The molecule has 1 aliphatic carbocycles. The molecule has 0 spiro atoms. The fourth-order valence-electron chi connectivity index (χ4n) is 2.45. The number of nitrogens with one attached hydrogen (secondary N) is 2. The minimum atomic E-state index is -0.933. The Morgan fingerprint density at radius 2 is 2.00 bits per heavy atom. The molecule has 1 saturated heterocycles. The third kappa shape index (κ3) is 2.28. The van der Waals surface area contributed by atoms with Crippen LogP contribution in [0.5, 0.6) is 0 Å². The number of carbonyl (C=O) groups is 2. The second-order valence-corrected chi connectivity index (χ2v) is 4.32. The van der Waals surface area contributed by atoms with Gasteiger partial charge < -0.3 is 15.7 Å². The largest absolute Gasteiger partial charge is 0.481 e. The molecule has 0 aromatic carbocycles. The van der Waals surface area contributed by atoms with Crippen LogP contribution in [0.2, 0.25) is 0 Å². The highest BCUT2D eigenvalue weighted by Crippen LogP contribution is 2.22. The van der Waals surface area contributed by atoms with E-state index in [0.717, 1.165) is 25.7 Å². The molecule has 5 nitrogen and oxygen atoms in total. The summed E-state index contributed by atoms with van der Waals surface area (Å²) in [6.07, 6.45) is 4.20. The maximum atomic E-state index is 11.5. The number of amides is 1. The van der Waals surface area contributed by atoms with Gasteiger partial charge in [-0.1, -0.05) is 12.8 Å². The molecule has 1 heterocycles. The van der Waals surface area contributed by atoms with Gasteiger partial charge in [0.1, 0.15) is 0 Å². The van der Waals surface area contributed by atoms with Crippen molar-refractivity contribution in [3.8, 4) is 0 Å². The topological polar surface area (TPSA) is 78.4 Å². The first-order valence-corrected chi connectivity index (χ1v) is 5.45. The van der Waals surface area contributed by atoms with E-state index >= 15 is 0 Å². The van der Waals surface area contributed by atoms with Gasteiger partial charge in [-0.2, -0.15) is 0 Å². The van der Waals surface area contributed by atoms with E-state index in [1.807, 2.05) is 0 Å². The van der Waals surface area contributed by atoms with Crippen LogP contribution < -0.4 is 10.6 Å². The fourth-order valence-corrected chi connectivity index (χ4v) is 2.45. The molecular weight excluding hydrogens is 196 g/mol. The Morgan fingerprint density at radius 1 is 1.33 bits per heavy atom. The SMILES string of the molecule is O=C(O)CC1NC2CCCCC2NC1=O. The molecule has 0 radical (unpaired) electrons. The van der Waals surface area contributed by atoms with E-state index in [0.29, 0.717) is 0 Å². The van der Waals surface area contributed by atoms with E-state index in [4.69, 9.17) is 5.11 Å². The number of carboxylic acid groups (broad SMARTS) is 1. The van der Waals surface area contributed by atoms with Crippen LogP contribution in [0.4, 0.5) is 0 Å². The molecule has 2 rings (SSSR count). The molecule has 3 unspecified atom stereocenters. The lowest BCUT2D eigenvalue weighted by molar-refractivity contribution is -0.141. The smallest absolute Gasteiger partial charge is 0.305 e. The normalized spacial score (nSPS) is 35.5. The standard InChI is InChI=1S/C10H16N2O3/c13-9(14)5-8-10(15)12-7-4-2-1-3-6(7)11-8/h6-8,11H,1-5H2,(H,12,15)(H,13,14). The summed E-state index contributed by atoms with van der Waals surface area (Å²) in [5, 5.41) is 14.7. The lowest BCUT2D eigenvalue weighted by atomic mass is 9.87. The van der Waals surface area contributed by atoms with Crippen molar-refractivity contribution >= 4 is 11.9 Å². The second-order valence-electron chi connectivity index (χ2n) is 4.32. The van der Waals surface area contributed by atoms with Crippen LogP contribution in [0.3, 0.4) is 0 Å². The summed E-state index contributed by atoms with van der Waals surface area (Å²) >= 11 is 0. The summed E-state index contributed by atoms with van der Waals surface area (Å²) < 4.78 is 0. The molecule has 3 atom stereocenters. The van der Waals surface area contributed by atoms with Crippen molar-refractivity contribution in [3.05, 3.63) is 0 Å². The zero-order chi connectivity index (χ0) is 10.8. The minimum Gasteiger partial charge on any atom is -0.481 e. The van der Waals surface area contributed by atoms with Crippen molar-refractivity contribution in [1.82, 2.24) is 10.6 Å². The van der Waals surface area contributed by atoms with Gasteiger partial charge in [0, 0.05) is 12.1 Å². The molecular formula is C10H16N2O3. The maximum absolute atomic E-state index is 11.5. The highest BCUT2D eigenvalue weighted by molar-refractivity contribution is 5.87. The van der Waals surface area contributed by atoms with E-state index in [-0.39, 0.29) is 24.4 Å². The Morgan fingerprint density at radius 3 is 2.67 bits per heavy atom. The highest BCUT2D eigenvalue weighted by Gasteiger charge is 2.36. The van der Waals surface area contributed by atoms with Crippen LogP contribution in [-0.2, 0) is 9.59 Å². The number of carboxylic acids is 1. The van der Waals surface area contributed by atoms with Gasteiger partial charge in [-0.3, -0.25) is 9.59 Å². The van der Waals surface area contributed by atoms with Crippen LogP contribution in [0, 0.1) is 0 Å². The third-order valence-electron chi connectivity index (χ3n) is 3.20. The molecule has 0 aromatic heterocycles. The van der Waals surface area contributed by atoms with Crippen LogP contribution in [0.25, 0.3) is 0 Å². The maximum Gasteiger partial charge on any atom is 0.305 e. The molecule has 3 N–H and O–H groups in total. The number of fused-ring (bicyclic) bond motifs is 1. The Hall–Kier alpha value is -1.10. The molecule has 84 valence electrons. The Kier molecular flexibility index (Phi) is 2.90. The van der Waals surface area contributed by atoms with Gasteiger partial charge in [0.2, 0.25) is 5.91 Å². The van der Waals surface area contributed by atoms with Crippen LogP contribution >= 0.6 is 0 Å². The summed E-state index contributed by atoms with van der Waals surface area (Å²) in [7, 11) is 0. The lowest BCUT2D eigenvalue weighted by Gasteiger charge is -2.40. The molecule has 2 aliphatic rings. The molecule has 0 bridgehead atoms. The van der Waals surface area contributed by atoms with Gasteiger partial charge >= 0.3 is 5.97 Å². The summed E-state index contributed by atoms with van der Waals surface area (Å²) in [6.45, 7) is 0. The van der Waals surface area contributed by atoms with Crippen LogP contribution in [-0.4, -0.2) is 35.1 Å². The molecule has 15 heavy (non-hydrogen) atoms. The van der Waals surface area contributed by atoms with Crippen molar-refractivity contribution in [1.29, 1.82) is 0 Å². The molecule has 2 fully saturated rings. The first kappa shape index (κ1) is 10.4. The number of hydrogen-bond donors (Lipinski definition) is 3. The quantitative estimate of drug-likeness (QED) is 0.595. The van der Waals surface area contributed by atoms with Crippen molar-refractivity contribution in [2.45, 2.75) is 50.2 Å². The highest BCUT2D eigenvalue weighted by atomic mass is 16.4. The Bertz CT molecular complexity index is 280. The Labute approximate surface area is 88.2 Å². The second kappa shape index (κ2) is 4.18. The van der Waals surface area contributed by atoms with Crippen LogP contribution in [0.1, 0.15) is 32.1 Å². The predicted molar refractivity (Wildman–Crippen MR) is 53.4 cm³/mol. The summed E-state index contributed by atoms with van der Waals surface area (Å²) in [4.78, 5) is 22.1. The van der Waals surface area contributed by atoms with Gasteiger partial charge in [-0.05, 0) is 12.8 Å². The van der Waals surface area contributed by atoms with E-state index in [2.05, 4.69) is 10.6 Å². The zero-order valence-electron chi connectivity index (χ0n) is 8.53. The van der Waals surface area contributed by atoms with E-state index in [1.165, 1.54) is 0 Å². The van der Waals surface area contributed by atoms with Gasteiger partial charge in [0.25, 0.3) is 0 Å². The van der Waals surface area contributed by atoms with Crippen molar-refractivity contribution < 1.29 is 14.7 Å². The fraction of sp³-hybridized carbons (Fsp3) is 0.800. The molecule has 0 aromatic rings. The molecule has 5 heteroatoms. The van der Waals surface area contributed by atoms with E-state index < -0.39 is 12.0 Å². The van der Waals surface area contributed by atoms with Crippen LogP contribution in [0.15, 0.2) is 0 Å². The van der Waals surface area contributed by atoms with Gasteiger partial charge in [0.05, 0.1) is 12.5 Å². The zero-order valence-corrected chi connectivity index (χ0v) is 8.53. The van der Waals surface area contributed by atoms with Gasteiger partial charge in [0.15, 0.2) is 0 Å². The Balaban J connectivity index is 1.98. The van der Waals surface area contributed by atoms with Crippen molar-refractivity contribution in [2.75, 3.05) is 0 Å². The van der Waals surface area contributed by atoms with Crippen molar-refractivity contribution in [2.24, 2.45) is 0 Å². The first-order chi connectivity index (χ1) is 7.16. The number of hydrogen-bond acceptors (Lipinski definition) is 3.